The highest BCUT2D eigenvalue weighted by Gasteiger charge is 2.24. The van der Waals surface area contributed by atoms with Crippen LogP contribution in [0.25, 0.3) is 0 Å². The van der Waals surface area contributed by atoms with Crippen molar-refractivity contribution in [2.45, 2.75) is 64.0 Å². The Labute approximate surface area is 127 Å². The first kappa shape index (κ1) is 14.6. The molecule has 1 saturated carbocycles. The summed E-state index contributed by atoms with van der Waals surface area (Å²) in [4.78, 5) is 12.8. The van der Waals surface area contributed by atoms with Crippen LogP contribution in [0, 0.1) is 0 Å². The predicted octanol–water partition coefficient (Wildman–Crippen LogP) is 3.54. The van der Waals surface area contributed by atoms with Crippen LogP contribution >= 0.6 is 0 Å². The molecule has 0 aromatic heterocycles. The van der Waals surface area contributed by atoms with E-state index in [4.69, 9.17) is 0 Å². The summed E-state index contributed by atoms with van der Waals surface area (Å²) in [5, 5.41) is 6.95. The topological polar surface area (TPSA) is 41.1 Å². The van der Waals surface area contributed by atoms with Gasteiger partial charge in [-0.2, -0.15) is 0 Å². The van der Waals surface area contributed by atoms with E-state index < -0.39 is 0 Å². The number of rotatable bonds is 5. The molecule has 2 N–H and O–H groups in total. The molecular formula is C18H26N2O. The van der Waals surface area contributed by atoms with Crippen LogP contribution in [0.4, 0.5) is 5.69 Å². The number of fused-ring (bicyclic) bond motifs is 1. The Bertz CT molecular complexity index is 506. The maximum atomic E-state index is 12.8. The second-order valence-corrected chi connectivity index (χ2v) is 6.38. The lowest BCUT2D eigenvalue weighted by Gasteiger charge is -2.27. The quantitative estimate of drug-likeness (QED) is 0.814. The number of hydrogen-bond donors (Lipinski definition) is 2. The second kappa shape index (κ2) is 6.61. The highest BCUT2D eigenvalue weighted by atomic mass is 16.1. The minimum Gasteiger partial charge on any atom is -0.384 e. The summed E-state index contributed by atoms with van der Waals surface area (Å²) in [6.07, 6.45) is 8.28. The van der Waals surface area contributed by atoms with Gasteiger partial charge in [0.15, 0.2) is 5.78 Å². The fraction of sp³-hybridized carbons (Fsp3) is 0.611. The minimum absolute atomic E-state index is 0.0273. The normalized spacial score (nSPS) is 19.9. The Balaban J connectivity index is 1.69. The molecule has 0 radical (unpaired) electrons. The number of nitrogens with one attached hydrogen (secondary N) is 2. The van der Waals surface area contributed by atoms with Crippen molar-refractivity contribution >= 4 is 11.5 Å². The molecule has 1 aliphatic carbocycles. The summed E-state index contributed by atoms with van der Waals surface area (Å²) in [6, 6.07) is 6.63. The van der Waals surface area contributed by atoms with Crippen LogP contribution in [-0.4, -0.2) is 24.4 Å². The van der Waals surface area contributed by atoms with Crippen LogP contribution in [0.15, 0.2) is 18.2 Å². The zero-order valence-electron chi connectivity index (χ0n) is 13.0. The summed E-state index contributed by atoms with van der Waals surface area (Å²) < 4.78 is 0. The van der Waals surface area contributed by atoms with Crippen LogP contribution in [0.3, 0.4) is 0 Å². The third-order valence-corrected chi connectivity index (χ3v) is 4.87. The third-order valence-electron chi connectivity index (χ3n) is 4.87. The number of carbonyl (C=O) groups excluding carboxylic acids is 1. The highest BCUT2D eigenvalue weighted by molar-refractivity contribution is 6.00. The lowest BCUT2D eigenvalue weighted by atomic mass is 9.93. The van der Waals surface area contributed by atoms with Gasteiger partial charge in [-0.15, -0.1) is 0 Å². The predicted molar refractivity (Wildman–Crippen MR) is 87.1 cm³/mol. The first-order chi connectivity index (χ1) is 10.3. The zero-order chi connectivity index (χ0) is 14.7. The molecule has 1 atom stereocenters. The summed E-state index contributed by atoms with van der Waals surface area (Å²) in [5.41, 5.74) is 3.35. The molecule has 0 spiro atoms. The van der Waals surface area contributed by atoms with E-state index in [1.807, 2.05) is 6.07 Å². The van der Waals surface area contributed by atoms with Crippen molar-refractivity contribution in [1.29, 1.82) is 0 Å². The average molecular weight is 286 g/mol. The molecule has 1 aromatic rings. The van der Waals surface area contributed by atoms with Crippen molar-refractivity contribution in [3.8, 4) is 0 Å². The fourth-order valence-electron chi connectivity index (χ4n) is 3.59. The van der Waals surface area contributed by atoms with Crippen LogP contribution in [0.5, 0.6) is 0 Å². The number of carbonyl (C=O) groups is 1. The van der Waals surface area contributed by atoms with Crippen LogP contribution in [-0.2, 0) is 6.42 Å². The van der Waals surface area contributed by atoms with Crippen molar-refractivity contribution in [1.82, 2.24) is 5.32 Å². The highest BCUT2D eigenvalue weighted by Crippen LogP contribution is 2.24. The second-order valence-electron chi connectivity index (χ2n) is 6.38. The number of benzene rings is 1. The lowest BCUT2D eigenvalue weighted by molar-refractivity contribution is 0.0928. The lowest BCUT2D eigenvalue weighted by Crippen LogP contribution is -2.43. The van der Waals surface area contributed by atoms with Gasteiger partial charge < -0.3 is 10.6 Å². The van der Waals surface area contributed by atoms with Gasteiger partial charge in [0.1, 0.15) is 0 Å². The molecule has 3 nitrogen and oxygen atoms in total. The van der Waals surface area contributed by atoms with Crippen molar-refractivity contribution in [3.05, 3.63) is 29.3 Å². The molecule has 1 unspecified atom stereocenters. The van der Waals surface area contributed by atoms with Crippen LogP contribution < -0.4 is 10.6 Å². The molecule has 1 aliphatic heterocycles. The first-order valence-electron chi connectivity index (χ1n) is 8.45. The van der Waals surface area contributed by atoms with E-state index in [0.29, 0.717) is 6.04 Å². The Morgan fingerprint density at radius 2 is 2.14 bits per heavy atom. The summed E-state index contributed by atoms with van der Waals surface area (Å²) in [7, 11) is 0. The van der Waals surface area contributed by atoms with Crippen molar-refractivity contribution in [3.63, 3.8) is 0 Å². The Hall–Kier alpha value is -1.35. The summed E-state index contributed by atoms with van der Waals surface area (Å²) in [6.45, 7) is 3.10. The molecule has 21 heavy (non-hydrogen) atoms. The van der Waals surface area contributed by atoms with Crippen molar-refractivity contribution in [2.24, 2.45) is 0 Å². The van der Waals surface area contributed by atoms with Gasteiger partial charge in [-0.3, -0.25) is 4.79 Å². The fourth-order valence-corrected chi connectivity index (χ4v) is 3.59. The maximum absolute atomic E-state index is 12.8. The van der Waals surface area contributed by atoms with Crippen LogP contribution in [0.1, 0.15) is 61.4 Å². The van der Waals surface area contributed by atoms with E-state index in [-0.39, 0.29) is 11.8 Å². The van der Waals surface area contributed by atoms with Gasteiger partial charge in [-0.05, 0) is 49.4 Å². The molecule has 2 aliphatic rings. The first-order valence-corrected chi connectivity index (χ1v) is 8.45. The van der Waals surface area contributed by atoms with Crippen LogP contribution in [0.2, 0.25) is 0 Å². The number of Topliss-reactive ketones (excluding diaryl/α,β-unsaturated/α-hetero) is 1. The SMILES string of the molecule is CCC(NC1CCCCC1)C(=O)c1ccc2c(c1)CCN2. The van der Waals surface area contributed by atoms with Gasteiger partial charge in [0.05, 0.1) is 6.04 Å². The van der Waals surface area contributed by atoms with E-state index >= 15 is 0 Å². The average Bonchev–Trinajstić information content (AvgIpc) is 3.00. The zero-order valence-corrected chi connectivity index (χ0v) is 13.0. The molecule has 3 heteroatoms. The molecule has 3 rings (SSSR count). The Morgan fingerprint density at radius 1 is 1.33 bits per heavy atom. The molecule has 0 amide bonds. The molecule has 0 saturated heterocycles. The van der Waals surface area contributed by atoms with Gasteiger partial charge in [0.2, 0.25) is 0 Å². The van der Waals surface area contributed by atoms with Gasteiger partial charge in [0.25, 0.3) is 0 Å². The minimum atomic E-state index is -0.0273. The summed E-state index contributed by atoms with van der Waals surface area (Å²) >= 11 is 0. The molecular weight excluding hydrogens is 260 g/mol. The maximum Gasteiger partial charge on any atom is 0.179 e. The number of hydrogen-bond acceptors (Lipinski definition) is 3. The smallest absolute Gasteiger partial charge is 0.179 e. The number of anilines is 1. The molecule has 1 fully saturated rings. The van der Waals surface area contributed by atoms with Crippen molar-refractivity contribution < 1.29 is 4.79 Å². The molecule has 0 bridgehead atoms. The van der Waals surface area contributed by atoms with E-state index in [9.17, 15) is 4.79 Å². The Morgan fingerprint density at radius 3 is 2.90 bits per heavy atom. The van der Waals surface area contributed by atoms with Crippen molar-refractivity contribution in [2.75, 3.05) is 11.9 Å². The van der Waals surface area contributed by atoms with E-state index in [0.717, 1.165) is 24.9 Å². The molecule has 114 valence electrons. The van der Waals surface area contributed by atoms with E-state index in [2.05, 4.69) is 29.7 Å². The number of ketones is 1. The standard InChI is InChI=1S/C18H26N2O/c1-2-16(20-15-6-4-3-5-7-15)18(21)14-8-9-17-13(12-14)10-11-19-17/h8-9,12,15-16,19-20H,2-7,10-11H2,1H3. The van der Waals surface area contributed by atoms with Gasteiger partial charge in [-0.1, -0.05) is 26.2 Å². The van der Waals surface area contributed by atoms with Gasteiger partial charge in [-0.25, -0.2) is 0 Å². The third kappa shape index (κ3) is 3.29. The monoisotopic (exact) mass is 286 g/mol. The van der Waals surface area contributed by atoms with Gasteiger partial charge in [0, 0.05) is 23.8 Å². The van der Waals surface area contributed by atoms with E-state index in [1.165, 1.54) is 43.4 Å². The molecule has 1 heterocycles. The van der Waals surface area contributed by atoms with E-state index in [1.54, 1.807) is 0 Å². The largest absolute Gasteiger partial charge is 0.384 e. The summed E-state index contributed by atoms with van der Waals surface area (Å²) in [5.74, 6) is 0.262. The molecule has 1 aromatic carbocycles. The Kier molecular flexibility index (Phi) is 4.59. The van der Waals surface area contributed by atoms with Gasteiger partial charge >= 0.3 is 0 Å².